The quantitative estimate of drug-likeness (QED) is 0.422. The highest BCUT2D eigenvalue weighted by atomic mass is 16.5. The molecule has 0 aliphatic carbocycles. The van der Waals surface area contributed by atoms with Gasteiger partial charge in [0.05, 0.1) is 18.9 Å². The number of aromatic nitrogens is 4. The number of hydrogen-bond donors (Lipinski definition) is 0. The molecule has 4 aromatic rings. The van der Waals surface area contributed by atoms with Crippen molar-refractivity contribution in [3.05, 3.63) is 78.0 Å². The topological polar surface area (TPSA) is 69.9 Å². The van der Waals surface area contributed by atoms with Gasteiger partial charge in [0, 0.05) is 13.0 Å². The second-order valence-corrected chi connectivity index (χ2v) is 7.18. The van der Waals surface area contributed by atoms with Gasteiger partial charge in [0.1, 0.15) is 17.7 Å². The Kier molecular flexibility index (Phi) is 5.84. The van der Waals surface area contributed by atoms with Crippen LogP contribution in [0.15, 0.2) is 61.1 Å². The molecule has 0 spiro atoms. The minimum Gasteiger partial charge on any atom is -0.465 e. The number of rotatable bonds is 7. The van der Waals surface area contributed by atoms with Crippen LogP contribution in [0, 0.1) is 0 Å². The number of imidazole rings is 1. The van der Waals surface area contributed by atoms with Gasteiger partial charge in [0.15, 0.2) is 5.65 Å². The minimum atomic E-state index is -0.333. The fourth-order valence-corrected chi connectivity index (χ4v) is 3.61. The Morgan fingerprint density at radius 3 is 2.67 bits per heavy atom. The normalized spacial score (nSPS) is 11.0. The van der Waals surface area contributed by atoms with Gasteiger partial charge < -0.3 is 9.30 Å². The van der Waals surface area contributed by atoms with Crippen molar-refractivity contribution in [2.75, 3.05) is 7.11 Å². The average Bonchev–Trinajstić information content (AvgIpc) is 3.15. The lowest BCUT2D eigenvalue weighted by molar-refractivity contribution is 0.0601. The molecule has 0 fully saturated rings. The Morgan fingerprint density at radius 1 is 1.10 bits per heavy atom. The van der Waals surface area contributed by atoms with E-state index in [2.05, 4.69) is 33.6 Å². The number of fused-ring (bicyclic) bond motifs is 1. The Labute approximate surface area is 175 Å². The highest BCUT2D eigenvalue weighted by molar-refractivity contribution is 5.97. The van der Waals surface area contributed by atoms with Crippen molar-refractivity contribution < 1.29 is 9.53 Å². The van der Waals surface area contributed by atoms with E-state index >= 15 is 0 Å². The Balaban J connectivity index is 1.65. The van der Waals surface area contributed by atoms with Crippen LogP contribution in [0.1, 0.15) is 41.5 Å². The molecule has 0 saturated carbocycles. The smallest absolute Gasteiger partial charge is 0.338 e. The lowest BCUT2D eigenvalue weighted by Crippen LogP contribution is -2.06. The number of carbonyl (C=O) groups excluding carboxylic acids is 1. The van der Waals surface area contributed by atoms with E-state index in [1.54, 1.807) is 6.07 Å². The molecule has 0 saturated heterocycles. The number of esters is 1. The summed E-state index contributed by atoms with van der Waals surface area (Å²) >= 11 is 0. The summed E-state index contributed by atoms with van der Waals surface area (Å²) in [7, 11) is 1.40. The zero-order chi connectivity index (χ0) is 20.9. The van der Waals surface area contributed by atoms with Gasteiger partial charge in [-0.2, -0.15) is 0 Å². The molecule has 0 amide bonds. The second kappa shape index (κ2) is 8.86. The lowest BCUT2D eigenvalue weighted by Gasteiger charge is -2.11. The molecular formula is C24H24N4O2. The molecule has 2 aromatic carbocycles. The van der Waals surface area contributed by atoms with Crippen LogP contribution in [0.5, 0.6) is 0 Å². The van der Waals surface area contributed by atoms with Crippen molar-refractivity contribution in [2.24, 2.45) is 0 Å². The van der Waals surface area contributed by atoms with Gasteiger partial charge in [0.25, 0.3) is 0 Å². The lowest BCUT2D eigenvalue weighted by atomic mass is 9.98. The van der Waals surface area contributed by atoms with Crippen LogP contribution in [0.2, 0.25) is 0 Å². The van der Waals surface area contributed by atoms with Crippen molar-refractivity contribution in [3.63, 3.8) is 0 Å². The van der Waals surface area contributed by atoms with Gasteiger partial charge in [-0.15, -0.1) is 0 Å². The van der Waals surface area contributed by atoms with Crippen LogP contribution in [0.3, 0.4) is 0 Å². The molecule has 4 rings (SSSR count). The first-order valence-corrected chi connectivity index (χ1v) is 10.1. The van der Waals surface area contributed by atoms with E-state index in [-0.39, 0.29) is 5.97 Å². The van der Waals surface area contributed by atoms with Crippen LogP contribution in [-0.2, 0) is 17.7 Å². The standard InChI is InChI=1S/C24H24N4O2/c1-3-4-9-22-27-23-21(14-25-16-26-23)28(22)15-17-10-12-18(13-11-17)19-7-5-6-8-20(19)24(29)30-2/h5-8,10-14,16H,3-4,9,15H2,1-2H3. The van der Waals surface area contributed by atoms with Crippen molar-refractivity contribution in [2.45, 2.75) is 32.7 Å². The first-order chi connectivity index (χ1) is 14.7. The molecule has 0 atom stereocenters. The Hall–Kier alpha value is -3.54. The van der Waals surface area contributed by atoms with Crippen molar-refractivity contribution in [3.8, 4) is 11.1 Å². The summed E-state index contributed by atoms with van der Waals surface area (Å²) in [4.78, 5) is 25.3. The molecule has 6 heteroatoms. The van der Waals surface area contributed by atoms with Crippen LogP contribution in [-0.4, -0.2) is 32.6 Å². The minimum absolute atomic E-state index is 0.333. The number of aryl methyl sites for hydroxylation is 1. The van der Waals surface area contributed by atoms with Crippen molar-refractivity contribution in [1.82, 2.24) is 19.5 Å². The van der Waals surface area contributed by atoms with E-state index in [1.165, 1.54) is 13.4 Å². The van der Waals surface area contributed by atoms with E-state index in [4.69, 9.17) is 9.72 Å². The largest absolute Gasteiger partial charge is 0.465 e. The molecular weight excluding hydrogens is 376 g/mol. The summed E-state index contributed by atoms with van der Waals surface area (Å²) < 4.78 is 7.11. The first-order valence-electron chi connectivity index (χ1n) is 10.1. The van der Waals surface area contributed by atoms with Gasteiger partial charge >= 0.3 is 5.97 Å². The Bertz CT molecular complexity index is 1170. The SMILES string of the molecule is CCCCc1nc2ncncc2n1Cc1ccc(-c2ccccc2C(=O)OC)cc1. The summed E-state index contributed by atoms with van der Waals surface area (Å²) in [6.45, 7) is 2.87. The fourth-order valence-electron chi connectivity index (χ4n) is 3.61. The number of carbonyl (C=O) groups is 1. The molecule has 6 nitrogen and oxygen atoms in total. The third-order valence-electron chi connectivity index (χ3n) is 5.20. The molecule has 152 valence electrons. The average molecular weight is 400 g/mol. The molecule has 30 heavy (non-hydrogen) atoms. The summed E-state index contributed by atoms with van der Waals surface area (Å²) in [6.07, 6.45) is 6.48. The molecule has 0 unspecified atom stereocenters. The summed E-state index contributed by atoms with van der Waals surface area (Å²) in [5.74, 6) is 0.701. The highest BCUT2D eigenvalue weighted by Crippen LogP contribution is 2.25. The highest BCUT2D eigenvalue weighted by Gasteiger charge is 2.14. The molecule has 0 radical (unpaired) electrons. The van der Waals surface area contributed by atoms with Crippen molar-refractivity contribution in [1.29, 1.82) is 0 Å². The van der Waals surface area contributed by atoms with E-state index in [0.29, 0.717) is 12.1 Å². The van der Waals surface area contributed by atoms with Crippen LogP contribution < -0.4 is 0 Å². The van der Waals surface area contributed by atoms with E-state index in [1.807, 2.05) is 36.5 Å². The second-order valence-electron chi connectivity index (χ2n) is 7.18. The molecule has 0 aliphatic rings. The molecule has 2 aromatic heterocycles. The molecule has 0 aliphatic heterocycles. The van der Waals surface area contributed by atoms with Gasteiger partial charge in [-0.25, -0.2) is 19.7 Å². The predicted molar refractivity (Wildman–Crippen MR) is 116 cm³/mol. The third kappa shape index (κ3) is 3.94. The summed E-state index contributed by atoms with van der Waals surface area (Å²) in [5.41, 5.74) is 5.23. The van der Waals surface area contributed by atoms with Gasteiger partial charge in [0.2, 0.25) is 0 Å². The van der Waals surface area contributed by atoms with Gasteiger partial charge in [-0.3, -0.25) is 0 Å². The van der Waals surface area contributed by atoms with Gasteiger partial charge in [-0.05, 0) is 29.2 Å². The molecule has 0 bridgehead atoms. The van der Waals surface area contributed by atoms with Crippen LogP contribution >= 0.6 is 0 Å². The predicted octanol–water partition coefficient (Wildman–Crippen LogP) is 4.67. The van der Waals surface area contributed by atoms with Crippen LogP contribution in [0.25, 0.3) is 22.3 Å². The number of nitrogens with zero attached hydrogens (tertiary/aromatic N) is 4. The van der Waals surface area contributed by atoms with E-state index in [0.717, 1.165) is 52.9 Å². The van der Waals surface area contributed by atoms with E-state index < -0.39 is 0 Å². The zero-order valence-corrected chi connectivity index (χ0v) is 17.2. The molecule has 0 N–H and O–H groups in total. The number of hydrogen-bond acceptors (Lipinski definition) is 5. The number of methoxy groups -OCH3 is 1. The van der Waals surface area contributed by atoms with Crippen LogP contribution in [0.4, 0.5) is 0 Å². The van der Waals surface area contributed by atoms with Gasteiger partial charge in [-0.1, -0.05) is 55.8 Å². The number of unbranched alkanes of at least 4 members (excludes halogenated alkanes) is 1. The number of ether oxygens (including phenoxy) is 1. The zero-order valence-electron chi connectivity index (χ0n) is 17.2. The monoisotopic (exact) mass is 400 g/mol. The fraction of sp³-hybridized carbons (Fsp3) is 0.250. The molecule has 2 heterocycles. The number of benzene rings is 2. The summed E-state index contributed by atoms with van der Waals surface area (Å²) in [5, 5.41) is 0. The van der Waals surface area contributed by atoms with E-state index in [9.17, 15) is 4.79 Å². The van der Waals surface area contributed by atoms with Crippen molar-refractivity contribution >= 4 is 17.1 Å². The Morgan fingerprint density at radius 2 is 1.90 bits per heavy atom. The summed E-state index contributed by atoms with van der Waals surface area (Å²) in [6, 6.07) is 15.7. The maximum absolute atomic E-state index is 12.1. The maximum atomic E-state index is 12.1. The first kappa shape index (κ1) is 19.8. The third-order valence-corrected chi connectivity index (χ3v) is 5.20. The maximum Gasteiger partial charge on any atom is 0.338 e.